The predicted molar refractivity (Wildman–Crippen MR) is 84.7 cm³/mol. The molecule has 2 N–H and O–H groups in total. The SMILES string of the molecule is COCCNCC(=O)NCC1(c2ccc(Cl)cc2)CCC1. The molecule has 1 fully saturated rings. The molecule has 116 valence electrons. The third-order valence-electron chi connectivity index (χ3n) is 4.16. The molecular weight excluding hydrogens is 288 g/mol. The van der Waals surface area contributed by atoms with Gasteiger partial charge in [-0.25, -0.2) is 0 Å². The molecule has 4 nitrogen and oxygen atoms in total. The van der Waals surface area contributed by atoms with Crippen LogP contribution in [0.5, 0.6) is 0 Å². The molecule has 0 bridgehead atoms. The molecule has 1 saturated carbocycles. The number of carbonyl (C=O) groups excluding carboxylic acids is 1. The minimum absolute atomic E-state index is 0.0336. The minimum atomic E-state index is 0.0336. The molecule has 0 saturated heterocycles. The molecular formula is C16H23ClN2O2. The Kier molecular flexibility index (Phi) is 6.03. The van der Waals surface area contributed by atoms with Crippen LogP contribution in [0.15, 0.2) is 24.3 Å². The van der Waals surface area contributed by atoms with Crippen molar-refractivity contribution in [2.75, 3.05) is 33.4 Å². The highest BCUT2D eigenvalue weighted by Crippen LogP contribution is 2.43. The fourth-order valence-corrected chi connectivity index (χ4v) is 2.81. The number of hydrogen-bond donors (Lipinski definition) is 2. The number of methoxy groups -OCH3 is 1. The van der Waals surface area contributed by atoms with E-state index in [2.05, 4.69) is 22.8 Å². The Hall–Kier alpha value is -1.10. The van der Waals surface area contributed by atoms with Crippen LogP contribution in [0, 0.1) is 0 Å². The first kappa shape index (κ1) is 16.3. The predicted octanol–water partition coefficient (Wildman–Crippen LogP) is 2.11. The van der Waals surface area contributed by atoms with Crippen LogP contribution in [-0.2, 0) is 14.9 Å². The standard InChI is InChI=1S/C16H23ClN2O2/c1-21-10-9-18-11-15(20)19-12-16(7-2-8-16)13-3-5-14(17)6-4-13/h3-6,18H,2,7-12H2,1H3,(H,19,20). The van der Waals surface area contributed by atoms with Gasteiger partial charge in [0.05, 0.1) is 13.2 Å². The summed E-state index contributed by atoms with van der Waals surface area (Å²) in [5.41, 5.74) is 1.36. The van der Waals surface area contributed by atoms with E-state index in [0.717, 1.165) is 17.9 Å². The molecule has 0 heterocycles. The lowest BCUT2D eigenvalue weighted by atomic mass is 9.64. The van der Waals surface area contributed by atoms with Gasteiger partial charge >= 0.3 is 0 Å². The van der Waals surface area contributed by atoms with Gasteiger partial charge in [-0.05, 0) is 30.5 Å². The quantitative estimate of drug-likeness (QED) is 0.723. The van der Waals surface area contributed by atoms with E-state index in [4.69, 9.17) is 16.3 Å². The molecule has 1 aliphatic rings. The zero-order valence-electron chi connectivity index (χ0n) is 12.5. The number of carbonyl (C=O) groups is 1. The summed E-state index contributed by atoms with van der Waals surface area (Å²) >= 11 is 5.95. The number of hydrogen-bond acceptors (Lipinski definition) is 3. The van der Waals surface area contributed by atoms with Crippen LogP contribution in [0.2, 0.25) is 5.02 Å². The maximum atomic E-state index is 11.8. The lowest BCUT2D eigenvalue weighted by molar-refractivity contribution is -0.120. The Balaban J connectivity index is 1.82. The maximum Gasteiger partial charge on any atom is 0.233 e. The molecule has 0 radical (unpaired) electrons. The summed E-state index contributed by atoms with van der Waals surface area (Å²) in [6.45, 7) is 2.33. The van der Waals surface area contributed by atoms with E-state index in [1.807, 2.05) is 12.1 Å². The largest absolute Gasteiger partial charge is 0.383 e. The summed E-state index contributed by atoms with van der Waals surface area (Å²) in [5.74, 6) is 0.0336. The lowest BCUT2D eigenvalue weighted by Crippen LogP contribution is -2.47. The third-order valence-corrected chi connectivity index (χ3v) is 4.41. The molecule has 1 aliphatic carbocycles. The summed E-state index contributed by atoms with van der Waals surface area (Å²) < 4.78 is 4.93. The average molecular weight is 311 g/mol. The monoisotopic (exact) mass is 310 g/mol. The number of benzene rings is 1. The number of nitrogens with one attached hydrogen (secondary N) is 2. The first-order valence-corrected chi connectivity index (χ1v) is 7.76. The summed E-state index contributed by atoms with van der Waals surface area (Å²) in [4.78, 5) is 11.8. The molecule has 1 aromatic carbocycles. The van der Waals surface area contributed by atoms with Crippen LogP contribution in [-0.4, -0.2) is 39.3 Å². The normalized spacial score (nSPS) is 16.3. The van der Waals surface area contributed by atoms with E-state index in [-0.39, 0.29) is 11.3 Å². The summed E-state index contributed by atoms with van der Waals surface area (Å²) in [7, 11) is 1.65. The van der Waals surface area contributed by atoms with Crippen LogP contribution in [0.4, 0.5) is 0 Å². The van der Waals surface area contributed by atoms with Crippen LogP contribution < -0.4 is 10.6 Å². The topological polar surface area (TPSA) is 50.4 Å². The smallest absolute Gasteiger partial charge is 0.233 e. The van der Waals surface area contributed by atoms with Crippen LogP contribution in [0.1, 0.15) is 24.8 Å². The van der Waals surface area contributed by atoms with Gasteiger partial charge in [-0.1, -0.05) is 30.2 Å². The zero-order valence-corrected chi connectivity index (χ0v) is 13.2. The maximum absolute atomic E-state index is 11.8. The van der Waals surface area contributed by atoms with Crippen molar-refractivity contribution in [2.24, 2.45) is 0 Å². The summed E-state index contributed by atoms with van der Waals surface area (Å²) in [6, 6.07) is 7.99. The summed E-state index contributed by atoms with van der Waals surface area (Å²) in [6.07, 6.45) is 3.45. The molecule has 1 aromatic rings. The Morgan fingerprint density at radius 1 is 1.33 bits per heavy atom. The molecule has 1 amide bonds. The Labute approximate surface area is 131 Å². The second-order valence-corrected chi connectivity index (χ2v) is 6.02. The van der Waals surface area contributed by atoms with E-state index in [1.54, 1.807) is 7.11 Å². The van der Waals surface area contributed by atoms with Gasteiger partial charge in [0.1, 0.15) is 0 Å². The van der Waals surface area contributed by atoms with Gasteiger partial charge in [-0.3, -0.25) is 4.79 Å². The first-order valence-electron chi connectivity index (χ1n) is 7.39. The van der Waals surface area contributed by atoms with Crippen LogP contribution >= 0.6 is 11.6 Å². The second kappa shape index (κ2) is 7.78. The zero-order chi connectivity index (χ0) is 15.1. The van der Waals surface area contributed by atoms with Gasteiger partial charge in [-0.2, -0.15) is 0 Å². The fraction of sp³-hybridized carbons (Fsp3) is 0.562. The van der Waals surface area contributed by atoms with Gasteiger partial charge in [0.25, 0.3) is 0 Å². The van der Waals surface area contributed by atoms with Crippen molar-refractivity contribution in [1.82, 2.24) is 10.6 Å². The fourth-order valence-electron chi connectivity index (χ4n) is 2.68. The first-order chi connectivity index (χ1) is 10.2. The number of ether oxygens (including phenoxy) is 1. The van der Waals surface area contributed by atoms with Gasteiger partial charge in [0.2, 0.25) is 5.91 Å². The third kappa shape index (κ3) is 4.43. The Bertz CT molecular complexity index is 458. The molecule has 2 rings (SSSR count). The van der Waals surface area contributed by atoms with Gasteiger partial charge in [0.15, 0.2) is 0 Å². The number of amides is 1. The molecule has 0 spiro atoms. The molecule has 0 aromatic heterocycles. The van der Waals surface area contributed by atoms with Crippen molar-refractivity contribution in [3.63, 3.8) is 0 Å². The number of rotatable bonds is 8. The number of halogens is 1. The average Bonchev–Trinajstić information content (AvgIpc) is 2.44. The lowest BCUT2D eigenvalue weighted by Gasteiger charge is -2.42. The van der Waals surface area contributed by atoms with E-state index in [9.17, 15) is 4.79 Å². The van der Waals surface area contributed by atoms with Gasteiger partial charge < -0.3 is 15.4 Å². The Morgan fingerprint density at radius 3 is 2.62 bits per heavy atom. The van der Waals surface area contributed by atoms with Crippen molar-refractivity contribution < 1.29 is 9.53 Å². The molecule has 0 atom stereocenters. The minimum Gasteiger partial charge on any atom is -0.383 e. The van der Waals surface area contributed by atoms with Crippen LogP contribution in [0.25, 0.3) is 0 Å². The molecule has 21 heavy (non-hydrogen) atoms. The van der Waals surface area contributed by atoms with Gasteiger partial charge in [-0.15, -0.1) is 0 Å². The van der Waals surface area contributed by atoms with Crippen molar-refractivity contribution in [1.29, 1.82) is 0 Å². The molecule has 0 aliphatic heterocycles. The highest BCUT2D eigenvalue weighted by Gasteiger charge is 2.38. The highest BCUT2D eigenvalue weighted by molar-refractivity contribution is 6.30. The van der Waals surface area contributed by atoms with E-state index >= 15 is 0 Å². The highest BCUT2D eigenvalue weighted by atomic mass is 35.5. The second-order valence-electron chi connectivity index (χ2n) is 5.59. The van der Waals surface area contributed by atoms with Gasteiger partial charge in [0, 0.05) is 30.6 Å². The van der Waals surface area contributed by atoms with E-state index in [0.29, 0.717) is 26.2 Å². The van der Waals surface area contributed by atoms with Crippen molar-refractivity contribution in [3.05, 3.63) is 34.9 Å². The molecule has 5 heteroatoms. The molecule has 0 unspecified atom stereocenters. The summed E-state index contributed by atoms with van der Waals surface area (Å²) in [5, 5.41) is 6.84. The van der Waals surface area contributed by atoms with E-state index in [1.165, 1.54) is 12.0 Å². The van der Waals surface area contributed by atoms with Crippen molar-refractivity contribution in [3.8, 4) is 0 Å². The van der Waals surface area contributed by atoms with Crippen LogP contribution in [0.3, 0.4) is 0 Å². The Morgan fingerprint density at radius 2 is 2.05 bits per heavy atom. The van der Waals surface area contributed by atoms with Crippen molar-refractivity contribution >= 4 is 17.5 Å². The van der Waals surface area contributed by atoms with E-state index < -0.39 is 0 Å². The van der Waals surface area contributed by atoms with Crippen molar-refractivity contribution in [2.45, 2.75) is 24.7 Å².